The van der Waals surface area contributed by atoms with Crippen LogP contribution in [0.3, 0.4) is 0 Å². The number of ether oxygens (including phenoxy) is 2. The predicted molar refractivity (Wildman–Crippen MR) is 180 cm³/mol. The van der Waals surface area contributed by atoms with Gasteiger partial charge in [0.25, 0.3) is 11.5 Å². The Labute approximate surface area is 297 Å². The number of nitrogens with one attached hydrogen (secondary N) is 4. The van der Waals surface area contributed by atoms with Crippen molar-refractivity contribution in [2.45, 2.75) is 66.1 Å². The third kappa shape index (κ3) is 11.6. The third-order valence-corrected chi connectivity index (χ3v) is 7.20. The number of aromatic nitrogens is 6. The number of anilines is 1. The van der Waals surface area contributed by atoms with Crippen LogP contribution in [0.4, 0.5) is 32.0 Å². The smallest absolute Gasteiger partial charge is 0.405 e. The number of primary amides is 1. The summed E-state index contributed by atoms with van der Waals surface area (Å²) in [6.45, 7) is 7.90. The summed E-state index contributed by atoms with van der Waals surface area (Å²) in [6, 6.07) is 11.1. The molecule has 2 aromatic carbocycles. The van der Waals surface area contributed by atoms with Gasteiger partial charge in [-0.25, -0.2) is 4.98 Å². The van der Waals surface area contributed by atoms with E-state index in [0.717, 1.165) is 11.8 Å². The van der Waals surface area contributed by atoms with E-state index < -0.39 is 42.3 Å². The molecule has 0 aliphatic heterocycles. The average molecular weight is 751 g/mol. The highest BCUT2D eigenvalue weighted by Gasteiger charge is 2.33. The maximum atomic E-state index is 12.6. The van der Waals surface area contributed by atoms with Crippen LogP contribution in [0.2, 0.25) is 0 Å². The molecule has 6 N–H and O–H groups in total. The van der Waals surface area contributed by atoms with Crippen molar-refractivity contribution >= 4 is 28.5 Å². The molecule has 0 atom stereocenters. The molecule has 0 aliphatic rings. The summed E-state index contributed by atoms with van der Waals surface area (Å²) in [4.78, 5) is 43.1. The molecule has 0 unspecified atom stereocenters. The van der Waals surface area contributed by atoms with Crippen LogP contribution in [0, 0.1) is 11.8 Å². The molecule has 5 aromatic rings. The van der Waals surface area contributed by atoms with Gasteiger partial charge in [-0.3, -0.25) is 24.6 Å². The summed E-state index contributed by atoms with van der Waals surface area (Å²) in [5.74, 6) is -1.50. The zero-order valence-corrected chi connectivity index (χ0v) is 28.8. The van der Waals surface area contributed by atoms with Gasteiger partial charge in [0.1, 0.15) is 22.8 Å². The summed E-state index contributed by atoms with van der Waals surface area (Å²) >= 11 is 0. The SMILES string of the molecule is CC(C)Cc1[nH]nc(C(N)=O)c1NC(=O)Cc1ccccc1OC(F)(F)F.CC(C)Cc1[nH]nc2c(=O)[nH]c(Cc3ccccc3OC(F)(F)F)nc12. The highest BCUT2D eigenvalue weighted by molar-refractivity contribution is 6.02. The second-order valence-corrected chi connectivity index (χ2v) is 12.6. The van der Waals surface area contributed by atoms with Crippen molar-refractivity contribution in [3.8, 4) is 11.5 Å². The summed E-state index contributed by atoms with van der Waals surface area (Å²) in [5.41, 5.74) is 6.98. The Morgan fingerprint density at radius 2 is 1.32 bits per heavy atom. The Balaban J connectivity index is 0.000000237. The van der Waals surface area contributed by atoms with Gasteiger partial charge in [-0.1, -0.05) is 64.1 Å². The van der Waals surface area contributed by atoms with Gasteiger partial charge >= 0.3 is 12.7 Å². The molecule has 3 heterocycles. The lowest BCUT2D eigenvalue weighted by molar-refractivity contribution is -0.275. The molecule has 0 spiro atoms. The molecule has 5 rings (SSSR count). The van der Waals surface area contributed by atoms with Gasteiger partial charge in [0, 0.05) is 17.5 Å². The molecule has 2 amide bonds. The monoisotopic (exact) mass is 750 g/mol. The van der Waals surface area contributed by atoms with E-state index in [2.05, 4.69) is 45.2 Å². The highest BCUT2D eigenvalue weighted by Crippen LogP contribution is 2.29. The summed E-state index contributed by atoms with van der Waals surface area (Å²) in [7, 11) is 0. The van der Waals surface area contributed by atoms with Crippen molar-refractivity contribution < 1.29 is 45.4 Å². The average Bonchev–Trinajstić information content (AvgIpc) is 3.61. The topological polar surface area (TPSA) is 194 Å². The Hall–Kier alpha value is -5.88. The summed E-state index contributed by atoms with van der Waals surface area (Å²) in [5, 5.41) is 15.8. The van der Waals surface area contributed by atoms with Crippen LogP contribution in [-0.2, 0) is 30.5 Å². The zero-order chi connectivity index (χ0) is 39.1. The van der Waals surface area contributed by atoms with Crippen LogP contribution in [0.15, 0.2) is 53.3 Å². The molecule has 0 saturated heterocycles. The first-order chi connectivity index (χ1) is 24.8. The van der Waals surface area contributed by atoms with Crippen molar-refractivity contribution in [2.24, 2.45) is 17.6 Å². The number of para-hydroxylation sites is 2. The van der Waals surface area contributed by atoms with Crippen LogP contribution in [0.5, 0.6) is 11.5 Å². The molecule has 0 fully saturated rings. The van der Waals surface area contributed by atoms with Crippen molar-refractivity contribution in [3.63, 3.8) is 0 Å². The number of benzene rings is 2. The Morgan fingerprint density at radius 1 is 0.792 bits per heavy atom. The highest BCUT2D eigenvalue weighted by atomic mass is 19.4. The van der Waals surface area contributed by atoms with Crippen LogP contribution < -0.4 is 26.1 Å². The number of H-pyrrole nitrogens is 3. The van der Waals surface area contributed by atoms with Gasteiger partial charge in [0.05, 0.1) is 23.5 Å². The first-order valence-corrected chi connectivity index (χ1v) is 16.1. The van der Waals surface area contributed by atoms with Gasteiger partial charge in [0.2, 0.25) is 5.91 Å². The molecule has 0 bridgehead atoms. The molecule has 0 aliphatic carbocycles. The molecular weight excluding hydrogens is 714 g/mol. The Morgan fingerprint density at radius 3 is 1.89 bits per heavy atom. The fourth-order valence-corrected chi connectivity index (χ4v) is 5.17. The number of fused-ring (bicyclic) bond motifs is 1. The van der Waals surface area contributed by atoms with E-state index in [9.17, 15) is 40.7 Å². The number of nitrogens with two attached hydrogens (primary N) is 1. The van der Waals surface area contributed by atoms with E-state index in [4.69, 9.17) is 5.73 Å². The van der Waals surface area contributed by atoms with Crippen molar-refractivity contribution in [1.82, 2.24) is 30.4 Å². The lowest BCUT2D eigenvalue weighted by atomic mass is 10.1. The largest absolute Gasteiger partial charge is 0.573 e. The minimum atomic E-state index is -4.87. The number of alkyl halides is 6. The molecule has 0 radical (unpaired) electrons. The second-order valence-electron chi connectivity index (χ2n) is 12.6. The lowest BCUT2D eigenvalue weighted by Crippen LogP contribution is -2.22. The van der Waals surface area contributed by atoms with Crippen LogP contribution in [0.25, 0.3) is 11.0 Å². The normalized spacial score (nSPS) is 11.8. The van der Waals surface area contributed by atoms with Crippen molar-refractivity contribution in [2.75, 3.05) is 5.32 Å². The van der Waals surface area contributed by atoms with E-state index in [1.165, 1.54) is 36.4 Å². The van der Waals surface area contributed by atoms with Gasteiger partial charge in [-0.05, 0) is 36.8 Å². The lowest BCUT2D eigenvalue weighted by Gasteiger charge is -2.13. The second kappa shape index (κ2) is 16.6. The van der Waals surface area contributed by atoms with Crippen molar-refractivity contribution in [3.05, 3.63) is 92.9 Å². The van der Waals surface area contributed by atoms with E-state index in [0.29, 0.717) is 30.0 Å². The van der Waals surface area contributed by atoms with Crippen molar-refractivity contribution in [1.29, 1.82) is 0 Å². The fourth-order valence-electron chi connectivity index (χ4n) is 5.17. The molecule has 19 heteroatoms. The molecule has 284 valence electrons. The van der Waals surface area contributed by atoms with E-state index in [-0.39, 0.29) is 51.9 Å². The van der Waals surface area contributed by atoms with Gasteiger partial charge in [-0.15, -0.1) is 26.3 Å². The zero-order valence-electron chi connectivity index (χ0n) is 28.8. The van der Waals surface area contributed by atoms with Gasteiger partial charge in [-0.2, -0.15) is 10.2 Å². The number of aromatic amines is 3. The Bertz CT molecular complexity index is 2100. The minimum Gasteiger partial charge on any atom is -0.405 e. The standard InChI is InChI=1S/C17H19F3N4O3.C17H17F3N4O2/c1-9(2)7-11-14(15(16(21)26)24-23-11)22-13(25)8-10-5-3-4-6-12(10)27-17(18,19)20;1-9(2)7-11-14-15(24-23-11)16(25)22-13(21-14)8-10-5-3-4-6-12(10)26-17(18,19)20/h3-6,9H,7-8H2,1-2H3,(H2,21,26)(H,22,25)(H,23,24);3-6,9H,7-8H2,1-2H3,(H,23,24)(H,21,22,25). The number of amides is 2. The Kier molecular flexibility index (Phi) is 12.5. The molecule has 0 saturated carbocycles. The number of carbonyl (C=O) groups excluding carboxylic acids is 2. The third-order valence-electron chi connectivity index (χ3n) is 7.20. The van der Waals surface area contributed by atoms with Crippen LogP contribution in [0.1, 0.15) is 66.5 Å². The number of carbonyl (C=O) groups is 2. The fraction of sp³-hybridized carbons (Fsp3) is 0.353. The first kappa shape index (κ1) is 39.9. The summed E-state index contributed by atoms with van der Waals surface area (Å²) < 4.78 is 83.1. The van der Waals surface area contributed by atoms with E-state index >= 15 is 0 Å². The molecule has 53 heavy (non-hydrogen) atoms. The minimum absolute atomic E-state index is 0.0102. The van der Waals surface area contributed by atoms with Gasteiger partial charge < -0.3 is 25.5 Å². The number of hydrogen-bond donors (Lipinski definition) is 5. The molecular formula is C34H36F6N8O5. The van der Waals surface area contributed by atoms with E-state index in [1.54, 1.807) is 6.07 Å². The molecule has 3 aromatic heterocycles. The number of rotatable bonds is 12. The number of hydrogen-bond acceptors (Lipinski definition) is 8. The quantitative estimate of drug-likeness (QED) is 0.0941. The maximum absolute atomic E-state index is 12.6. The molecule has 13 nitrogen and oxygen atoms in total. The van der Waals surface area contributed by atoms with E-state index in [1.807, 2.05) is 27.7 Å². The summed E-state index contributed by atoms with van der Waals surface area (Å²) in [6.07, 6.45) is -8.93. The van der Waals surface area contributed by atoms with Crippen LogP contribution in [-0.4, -0.2) is 54.9 Å². The maximum Gasteiger partial charge on any atom is 0.573 e. The predicted octanol–water partition coefficient (Wildman–Crippen LogP) is 6.12. The number of nitrogens with zero attached hydrogens (tertiary/aromatic N) is 3. The van der Waals surface area contributed by atoms with Gasteiger partial charge in [0.15, 0.2) is 11.2 Å². The number of halogens is 6. The van der Waals surface area contributed by atoms with Crippen LogP contribution >= 0.6 is 0 Å². The first-order valence-electron chi connectivity index (χ1n) is 16.1.